The molecule has 0 bridgehead atoms. The molecule has 0 aliphatic carbocycles. The van der Waals surface area contributed by atoms with Crippen molar-refractivity contribution in [2.45, 2.75) is 51.5 Å². The molecule has 1 atom stereocenters. The van der Waals surface area contributed by atoms with E-state index in [4.69, 9.17) is 5.21 Å². The summed E-state index contributed by atoms with van der Waals surface area (Å²) in [6.45, 7) is 2.11. The fourth-order valence-electron chi connectivity index (χ4n) is 2.12. The zero-order valence-electron chi connectivity index (χ0n) is 12.5. The average molecular weight is 292 g/mol. The van der Waals surface area contributed by atoms with Crippen LogP contribution in [0.1, 0.15) is 44.6 Å². The van der Waals surface area contributed by atoms with Gasteiger partial charge in [0.05, 0.1) is 0 Å². The Bertz CT molecular complexity index is 434. The van der Waals surface area contributed by atoms with Crippen LogP contribution in [0.15, 0.2) is 30.3 Å². The van der Waals surface area contributed by atoms with E-state index < -0.39 is 11.9 Å². The van der Waals surface area contributed by atoms with Crippen molar-refractivity contribution in [1.82, 2.24) is 10.8 Å². The van der Waals surface area contributed by atoms with Gasteiger partial charge >= 0.3 is 0 Å². The Balaban J connectivity index is 2.50. The molecule has 0 radical (unpaired) electrons. The van der Waals surface area contributed by atoms with E-state index in [1.165, 1.54) is 0 Å². The average Bonchev–Trinajstić information content (AvgIpc) is 2.51. The van der Waals surface area contributed by atoms with Gasteiger partial charge < -0.3 is 5.32 Å². The molecule has 0 aliphatic rings. The van der Waals surface area contributed by atoms with Gasteiger partial charge in [-0.1, -0.05) is 56.5 Å². The Morgan fingerprint density at radius 3 is 2.48 bits per heavy atom. The number of unbranched alkanes of at least 4 members (excludes halogenated alkanes) is 3. The molecule has 0 aliphatic heterocycles. The monoisotopic (exact) mass is 292 g/mol. The van der Waals surface area contributed by atoms with Crippen molar-refractivity contribution < 1.29 is 14.8 Å². The molecule has 0 saturated heterocycles. The normalized spacial score (nSPS) is 11.7. The van der Waals surface area contributed by atoms with Crippen molar-refractivity contribution in [1.29, 1.82) is 0 Å². The van der Waals surface area contributed by atoms with E-state index in [1.54, 1.807) is 5.48 Å². The van der Waals surface area contributed by atoms with Gasteiger partial charge in [-0.3, -0.25) is 14.8 Å². The highest BCUT2D eigenvalue weighted by molar-refractivity contribution is 5.87. The van der Waals surface area contributed by atoms with Gasteiger partial charge in [-0.2, -0.15) is 0 Å². The Hall–Kier alpha value is -1.88. The van der Waals surface area contributed by atoms with E-state index in [-0.39, 0.29) is 5.91 Å². The molecule has 5 heteroatoms. The molecule has 21 heavy (non-hydrogen) atoms. The summed E-state index contributed by atoms with van der Waals surface area (Å²) in [7, 11) is 0. The highest BCUT2D eigenvalue weighted by atomic mass is 16.5. The van der Waals surface area contributed by atoms with E-state index in [2.05, 4.69) is 12.2 Å². The quantitative estimate of drug-likeness (QED) is 0.371. The molecule has 3 N–H and O–H groups in total. The van der Waals surface area contributed by atoms with Gasteiger partial charge in [0.2, 0.25) is 5.91 Å². The fraction of sp³-hybridized carbons (Fsp3) is 0.500. The molecule has 1 unspecified atom stereocenters. The first kappa shape index (κ1) is 17.2. The van der Waals surface area contributed by atoms with Crippen LogP contribution < -0.4 is 10.8 Å². The first-order valence-electron chi connectivity index (χ1n) is 7.44. The van der Waals surface area contributed by atoms with Gasteiger partial charge in [-0.15, -0.1) is 0 Å². The molecule has 1 rings (SSSR count). The lowest BCUT2D eigenvalue weighted by molar-refractivity contribution is -0.134. The summed E-state index contributed by atoms with van der Waals surface area (Å²) in [6.07, 6.45) is 4.82. The molecule has 1 aromatic rings. The van der Waals surface area contributed by atoms with Crippen LogP contribution in [0.2, 0.25) is 0 Å². The minimum Gasteiger partial charge on any atom is -0.344 e. The predicted molar refractivity (Wildman–Crippen MR) is 80.8 cm³/mol. The highest BCUT2D eigenvalue weighted by Crippen LogP contribution is 2.06. The summed E-state index contributed by atoms with van der Waals surface area (Å²) >= 11 is 0. The second-order valence-electron chi connectivity index (χ2n) is 5.10. The van der Waals surface area contributed by atoms with Crippen LogP contribution in [0.25, 0.3) is 0 Å². The molecule has 1 aromatic carbocycles. The van der Waals surface area contributed by atoms with Crippen LogP contribution >= 0.6 is 0 Å². The number of carbonyl (C=O) groups excluding carboxylic acids is 2. The largest absolute Gasteiger partial charge is 0.344 e. The summed E-state index contributed by atoms with van der Waals surface area (Å²) < 4.78 is 0. The number of hydrogen-bond acceptors (Lipinski definition) is 3. The third kappa shape index (κ3) is 6.90. The van der Waals surface area contributed by atoms with Crippen LogP contribution in [0.4, 0.5) is 0 Å². The Morgan fingerprint density at radius 1 is 1.14 bits per heavy atom. The van der Waals surface area contributed by atoms with E-state index in [0.717, 1.165) is 31.2 Å². The van der Waals surface area contributed by atoms with Crippen molar-refractivity contribution >= 4 is 11.8 Å². The summed E-state index contributed by atoms with van der Waals surface area (Å²) in [5.74, 6) is -0.753. The van der Waals surface area contributed by atoms with Crippen LogP contribution in [0.5, 0.6) is 0 Å². The van der Waals surface area contributed by atoms with Gasteiger partial charge in [-0.05, 0) is 12.0 Å². The molecule has 0 heterocycles. The SMILES string of the molecule is CCCCCCC(=O)NC(Cc1ccccc1)C(=O)NO. The molecule has 0 spiro atoms. The summed E-state index contributed by atoms with van der Waals surface area (Å²) in [5, 5.41) is 11.5. The van der Waals surface area contributed by atoms with Crippen LogP contribution in [-0.2, 0) is 16.0 Å². The number of hydrogen-bond donors (Lipinski definition) is 3. The maximum Gasteiger partial charge on any atom is 0.266 e. The fourth-order valence-corrected chi connectivity index (χ4v) is 2.12. The molecular formula is C16H24N2O3. The Labute approximate surface area is 125 Å². The predicted octanol–water partition coefficient (Wildman–Crippen LogP) is 2.19. The topological polar surface area (TPSA) is 78.4 Å². The van der Waals surface area contributed by atoms with E-state index in [0.29, 0.717) is 12.8 Å². The molecule has 0 saturated carbocycles. The van der Waals surface area contributed by atoms with Crippen molar-refractivity contribution in [2.75, 3.05) is 0 Å². The Kier molecular flexibility index (Phi) is 8.12. The highest BCUT2D eigenvalue weighted by Gasteiger charge is 2.20. The first-order chi connectivity index (χ1) is 10.2. The van der Waals surface area contributed by atoms with Crippen molar-refractivity contribution in [3.63, 3.8) is 0 Å². The van der Waals surface area contributed by atoms with E-state index in [1.807, 2.05) is 30.3 Å². The van der Waals surface area contributed by atoms with Crippen LogP contribution in [0, 0.1) is 0 Å². The zero-order chi connectivity index (χ0) is 15.5. The number of carbonyl (C=O) groups is 2. The van der Waals surface area contributed by atoms with E-state index in [9.17, 15) is 9.59 Å². The summed E-state index contributed by atoms with van der Waals surface area (Å²) in [5.41, 5.74) is 2.54. The van der Waals surface area contributed by atoms with Crippen molar-refractivity contribution in [3.8, 4) is 0 Å². The minimum absolute atomic E-state index is 0.157. The first-order valence-corrected chi connectivity index (χ1v) is 7.44. The third-order valence-electron chi connectivity index (χ3n) is 3.30. The van der Waals surface area contributed by atoms with Crippen molar-refractivity contribution in [3.05, 3.63) is 35.9 Å². The number of amides is 2. The lowest BCUT2D eigenvalue weighted by atomic mass is 10.0. The third-order valence-corrected chi connectivity index (χ3v) is 3.30. The number of rotatable bonds is 9. The smallest absolute Gasteiger partial charge is 0.266 e. The zero-order valence-corrected chi connectivity index (χ0v) is 12.5. The standard InChI is InChI=1S/C16H24N2O3/c1-2-3-4-8-11-15(19)17-14(16(20)18-21)12-13-9-6-5-7-10-13/h5-7,9-10,14,21H,2-4,8,11-12H2,1H3,(H,17,19)(H,18,20). The lowest BCUT2D eigenvalue weighted by Crippen LogP contribution is -2.47. The van der Waals surface area contributed by atoms with Crippen LogP contribution in [-0.4, -0.2) is 23.1 Å². The van der Waals surface area contributed by atoms with Crippen LogP contribution in [0.3, 0.4) is 0 Å². The lowest BCUT2D eigenvalue weighted by Gasteiger charge is -2.17. The van der Waals surface area contributed by atoms with Gasteiger partial charge in [0, 0.05) is 12.8 Å². The van der Waals surface area contributed by atoms with Gasteiger partial charge in [0.1, 0.15) is 6.04 Å². The summed E-state index contributed by atoms with van der Waals surface area (Å²) in [4.78, 5) is 23.5. The van der Waals surface area contributed by atoms with Gasteiger partial charge in [0.25, 0.3) is 5.91 Å². The second-order valence-corrected chi connectivity index (χ2v) is 5.10. The molecule has 5 nitrogen and oxygen atoms in total. The van der Waals surface area contributed by atoms with Gasteiger partial charge in [0.15, 0.2) is 0 Å². The number of nitrogens with one attached hydrogen (secondary N) is 2. The molecular weight excluding hydrogens is 268 g/mol. The van der Waals surface area contributed by atoms with Crippen molar-refractivity contribution in [2.24, 2.45) is 0 Å². The second kappa shape index (κ2) is 9.94. The minimum atomic E-state index is -0.754. The Morgan fingerprint density at radius 2 is 1.86 bits per heavy atom. The summed E-state index contributed by atoms with van der Waals surface area (Å²) in [6, 6.07) is 8.63. The van der Waals surface area contributed by atoms with E-state index >= 15 is 0 Å². The van der Waals surface area contributed by atoms with Gasteiger partial charge in [-0.25, -0.2) is 5.48 Å². The maximum absolute atomic E-state index is 11.9. The molecule has 2 amide bonds. The number of benzene rings is 1. The molecule has 0 fully saturated rings. The molecule has 0 aromatic heterocycles. The number of hydroxylamine groups is 1. The molecule has 116 valence electrons. The maximum atomic E-state index is 11.9.